The van der Waals surface area contributed by atoms with Crippen molar-refractivity contribution in [2.45, 2.75) is 6.92 Å². The highest BCUT2D eigenvalue weighted by Crippen LogP contribution is 1.86. The van der Waals surface area contributed by atoms with Crippen LogP contribution in [0.15, 0.2) is 0 Å². The second-order valence-electron chi connectivity index (χ2n) is 1.25. The van der Waals surface area contributed by atoms with Crippen molar-refractivity contribution in [1.82, 2.24) is 5.73 Å². The summed E-state index contributed by atoms with van der Waals surface area (Å²) in [7, 11) is 0. The lowest BCUT2D eigenvalue weighted by atomic mass is 10.2. The van der Waals surface area contributed by atoms with Gasteiger partial charge in [0.05, 0.1) is 5.92 Å². The third-order valence-corrected chi connectivity index (χ3v) is 0.643. The van der Waals surface area contributed by atoms with Gasteiger partial charge >= 0.3 is 0 Å². The molecule has 37 valence electrons. The van der Waals surface area contributed by atoms with Gasteiger partial charge in [-0.25, -0.2) is 0 Å². The van der Waals surface area contributed by atoms with E-state index in [1.54, 1.807) is 0 Å². The molecule has 0 saturated heterocycles. The van der Waals surface area contributed by atoms with Crippen LogP contribution in [-0.2, 0) is 4.79 Å². The van der Waals surface area contributed by atoms with E-state index in [4.69, 9.17) is 12.2 Å². The highest BCUT2D eigenvalue weighted by Gasteiger charge is 2.01. The molecule has 0 fully saturated rings. The largest absolute Gasteiger partial charge is 0.272 e. The summed E-state index contributed by atoms with van der Waals surface area (Å²) in [5.41, 5.74) is 6.40. The highest BCUT2D eigenvalue weighted by molar-refractivity contribution is 5.78. The Balaban J connectivity index is 3.63. The molecule has 0 aliphatic carbocycles. The summed E-state index contributed by atoms with van der Waals surface area (Å²) < 4.78 is 0. The maximum atomic E-state index is 9.90. The Morgan fingerprint density at radius 2 is 2.43 bits per heavy atom. The SMILES string of the molecule is C#CC(C)C([NH])=O. The molecule has 1 N–H and O–H groups in total. The van der Waals surface area contributed by atoms with Gasteiger partial charge in [0.25, 0.3) is 5.91 Å². The molecule has 2 heteroatoms. The Morgan fingerprint density at radius 3 is 2.43 bits per heavy atom. The van der Waals surface area contributed by atoms with Crippen LogP contribution in [0, 0.1) is 18.3 Å². The topological polar surface area (TPSA) is 40.9 Å². The quantitative estimate of drug-likeness (QED) is 0.426. The Morgan fingerprint density at radius 1 is 2.00 bits per heavy atom. The molecule has 0 aliphatic heterocycles. The maximum Gasteiger partial charge on any atom is 0.253 e. The fourth-order valence-corrected chi connectivity index (χ4v) is 0.0757. The molecule has 0 saturated carbocycles. The summed E-state index contributed by atoms with van der Waals surface area (Å²) in [5, 5.41) is 0. The molecule has 1 atom stereocenters. The molecular weight excluding hydrogens is 90.1 g/mol. The zero-order valence-electron chi connectivity index (χ0n) is 4.06. The van der Waals surface area contributed by atoms with Crippen molar-refractivity contribution in [2.24, 2.45) is 5.92 Å². The first-order valence-corrected chi connectivity index (χ1v) is 1.90. The molecule has 1 radical (unpaired) electrons. The van der Waals surface area contributed by atoms with Gasteiger partial charge in [-0.1, -0.05) is 5.92 Å². The molecule has 7 heavy (non-hydrogen) atoms. The first kappa shape index (κ1) is 6.03. The number of carbonyl (C=O) groups is 1. The van der Waals surface area contributed by atoms with E-state index in [1.165, 1.54) is 6.92 Å². The van der Waals surface area contributed by atoms with E-state index in [1.807, 2.05) is 0 Å². The third-order valence-electron chi connectivity index (χ3n) is 0.643. The standard InChI is InChI=1S/C5H6NO/c1-3-4(2)5(6)7/h1,4,6H,2H3. The normalized spacial score (nSPS) is 12.0. The zero-order chi connectivity index (χ0) is 5.86. The number of amides is 1. The average molecular weight is 96.1 g/mol. The van der Waals surface area contributed by atoms with E-state index in [-0.39, 0.29) is 0 Å². The van der Waals surface area contributed by atoms with Crippen LogP contribution >= 0.6 is 0 Å². The number of hydrogen-bond acceptors (Lipinski definition) is 1. The van der Waals surface area contributed by atoms with Crippen LogP contribution in [0.4, 0.5) is 0 Å². The van der Waals surface area contributed by atoms with Crippen molar-refractivity contribution < 1.29 is 4.79 Å². The van der Waals surface area contributed by atoms with Gasteiger partial charge in [0.15, 0.2) is 0 Å². The highest BCUT2D eigenvalue weighted by atomic mass is 16.1. The van der Waals surface area contributed by atoms with Gasteiger partial charge in [0.1, 0.15) is 0 Å². The second-order valence-corrected chi connectivity index (χ2v) is 1.25. The van der Waals surface area contributed by atoms with Crippen molar-refractivity contribution in [3.8, 4) is 12.3 Å². The van der Waals surface area contributed by atoms with E-state index in [9.17, 15) is 4.79 Å². The van der Waals surface area contributed by atoms with Gasteiger partial charge < -0.3 is 0 Å². The van der Waals surface area contributed by atoms with Crippen molar-refractivity contribution in [3.63, 3.8) is 0 Å². The monoisotopic (exact) mass is 96.0 g/mol. The third kappa shape index (κ3) is 1.83. The predicted octanol–water partition coefficient (Wildman–Crippen LogP) is 0.0652. The zero-order valence-corrected chi connectivity index (χ0v) is 4.06. The lowest BCUT2D eigenvalue weighted by molar-refractivity contribution is -0.120. The second kappa shape index (κ2) is 2.25. The van der Waals surface area contributed by atoms with E-state index in [2.05, 4.69) is 5.92 Å². The number of nitrogens with one attached hydrogen (secondary N) is 1. The van der Waals surface area contributed by atoms with Crippen LogP contribution in [0.25, 0.3) is 0 Å². The number of terminal acetylenes is 1. The fourth-order valence-electron chi connectivity index (χ4n) is 0.0757. The van der Waals surface area contributed by atoms with Crippen molar-refractivity contribution in [2.75, 3.05) is 0 Å². The Bertz CT molecular complexity index is 112. The van der Waals surface area contributed by atoms with Crippen LogP contribution in [0.5, 0.6) is 0 Å². The van der Waals surface area contributed by atoms with Crippen molar-refractivity contribution >= 4 is 5.91 Å². The molecule has 2 nitrogen and oxygen atoms in total. The Kier molecular flexibility index (Phi) is 1.94. The van der Waals surface area contributed by atoms with Crippen LogP contribution in [0.3, 0.4) is 0 Å². The van der Waals surface area contributed by atoms with Crippen molar-refractivity contribution in [1.29, 1.82) is 0 Å². The first-order valence-electron chi connectivity index (χ1n) is 1.90. The smallest absolute Gasteiger partial charge is 0.253 e. The Labute approximate surface area is 42.7 Å². The van der Waals surface area contributed by atoms with Crippen LogP contribution in [0.1, 0.15) is 6.92 Å². The lowest BCUT2D eigenvalue weighted by Gasteiger charge is -1.89. The molecule has 0 spiro atoms. The van der Waals surface area contributed by atoms with Gasteiger partial charge in [-0.15, -0.1) is 6.42 Å². The predicted molar refractivity (Wildman–Crippen MR) is 26.1 cm³/mol. The minimum absolute atomic E-state index is 0.542. The van der Waals surface area contributed by atoms with E-state index >= 15 is 0 Å². The van der Waals surface area contributed by atoms with Gasteiger partial charge in [-0.05, 0) is 6.92 Å². The lowest BCUT2D eigenvalue weighted by Crippen LogP contribution is -2.07. The minimum Gasteiger partial charge on any atom is -0.272 e. The number of hydrogen-bond donors (Lipinski definition) is 0. The molecule has 0 aromatic carbocycles. The van der Waals surface area contributed by atoms with Gasteiger partial charge in [0, 0.05) is 0 Å². The maximum absolute atomic E-state index is 9.90. The molecule has 0 rings (SSSR count). The molecule has 0 heterocycles. The first-order chi connectivity index (χ1) is 3.18. The molecular formula is C5H6NO. The van der Waals surface area contributed by atoms with E-state index in [0.717, 1.165) is 0 Å². The number of carbonyl (C=O) groups excluding carboxylic acids is 1. The molecule has 0 aromatic heterocycles. The molecule has 0 bridgehead atoms. The van der Waals surface area contributed by atoms with Gasteiger partial charge in [0.2, 0.25) is 0 Å². The van der Waals surface area contributed by atoms with E-state index in [0.29, 0.717) is 0 Å². The van der Waals surface area contributed by atoms with Crippen LogP contribution in [-0.4, -0.2) is 5.91 Å². The number of rotatable bonds is 1. The summed E-state index contributed by atoms with van der Waals surface area (Å²) in [5.74, 6) is 0.894. The van der Waals surface area contributed by atoms with Crippen molar-refractivity contribution in [3.05, 3.63) is 0 Å². The molecule has 0 aliphatic rings. The van der Waals surface area contributed by atoms with Gasteiger partial charge in [-0.2, -0.15) is 0 Å². The van der Waals surface area contributed by atoms with E-state index < -0.39 is 11.8 Å². The Hall–Kier alpha value is -0.970. The summed E-state index contributed by atoms with van der Waals surface area (Å²) >= 11 is 0. The molecule has 0 aromatic rings. The average Bonchev–Trinajstić information content (AvgIpc) is 1.65. The minimum atomic E-state index is -0.692. The van der Waals surface area contributed by atoms with Crippen LogP contribution < -0.4 is 5.73 Å². The molecule has 1 amide bonds. The summed E-state index contributed by atoms with van der Waals surface area (Å²) in [6, 6.07) is 0. The molecule has 1 unspecified atom stereocenters. The fraction of sp³-hybridized carbons (Fsp3) is 0.400. The summed E-state index contributed by atoms with van der Waals surface area (Å²) in [6.07, 6.45) is 4.78. The van der Waals surface area contributed by atoms with Crippen LogP contribution in [0.2, 0.25) is 0 Å². The summed E-state index contributed by atoms with van der Waals surface area (Å²) in [6.45, 7) is 1.52. The summed E-state index contributed by atoms with van der Waals surface area (Å²) in [4.78, 5) is 9.90. The van der Waals surface area contributed by atoms with Gasteiger partial charge in [-0.3, -0.25) is 10.5 Å².